The molecule has 0 aromatic carbocycles. The van der Waals surface area contributed by atoms with Gasteiger partial charge in [0.1, 0.15) is 6.10 Å². The number of thiazole rings is 1. The molecule has 1 unspecified atom stereocenters. The third-order valence-corrected chi connectivity index (χ3v) is 2.86. The number of anilines is 1. The summed E-state index contributed by atoms with van der Waals surface area (Å²) < 4.78 is 9.38. The molecule has 1 heterocycles. The lowest BCUT2D eigenvalue weighted by Gasteiger charge is -2.07. The molecule has 0 saturated heterocycles. The van der Waals surface area contributed by atoms with Gasteiger partial charge in [0.2, 0.25) is 0 Å². The fourth-order valence-electron chi connectivity index (χ4n) is 0.980. The van der Waals surface area contributed by atoms with Crippen molar-refractivity contribution < 1.29 is 19.1 Å². The first-order valence-corrected chi connectivity index (χ1v) is 5.79. The highest BCUT2D eigenvalue weighted by Crippen LogP contribution is 2.16. The molecule has 94 valence electrons. The number of aromatic nitrogens is 1. The van der Waals surface area contributed by atoms with Crippen molar-refractivity contribution >= 4 is 28.3 Å². The Morgan fingerprint density at radius 3 is 2.82 bits per heavy atom. The van der Waals surface area contributed by atoms with E-state index < -0.39 is 6.10 Å². The molecule has 0 aliphatic carbocycles. The fraction of sp³-hybridized carbons (Fsp3) is 0.500. The average Bonchev–Trinajstić information content (AvgIpc) is 2.75. The third-order valence-electron chi connectivity index (χ3n) is 2.06. The summed E-state index contributed by atoms with van der Waals surface area (Å²) in [4.78, 5) is 26.6. The van der Waals surface area contributed by atoms with Gasteiger partial charge in [-0.05, 0) is 6.92 Å². The molecule has 17 heavy (non-hydrogen) atoms. The smallest absolute Gasteiger partial charge is 0.311 e. The zero-order valence-corrected chi connectivity index (χ0v) is 10.7. The minimum Gasteiger partial charge on any atom is -0.469 e. The standard InChI is InChI=1S/C10H14N2O4S/c1-6(15-2)9(14)12-10-11-7(5-17-10)4-8(13)16-3/h5-6H,4H2,1-3H3,(H,11,12,14). The van der Waals surface area contributed by atoms with Crippen LogP contribution in [-0.2, 0) is 25.5 Å². The number of nitrogens with one attached hydrogen (secondary N) is 1. The molecular weight excluding hydrogens is 244 g/mol. The molecule has 0 bridgehead atoms. The Morgan fingerprint density at radius 1 is 1.53 bits per heavy atom. The number of hydrogen-bond acceptors (Lipinski definition) is 6. The van der Waals surface area contributed by atoms with Crippen LogP contribution in [0.5, 0.6) is 0 Å². The minimum atomic E-state index is -0.539. The molecule has 7 heteroatoms. The number of methoxy groups -OCH3 is 2. The van der Waals surface area contributed by atoms with Crippen LogP contribution in [0.3, 0.4) is 0 Å². The third kappa shape index (κ3) is 4.12. The van der Waals surface area contributed by atoms with Gasteiger partial charge in [0.05, 0.1) is 19.2 Å². The molecule has 0 saturated carbocycles. The van der Waals surface area contributed by atoms with Gasteiger partial charge in [-0.3, -0.25) is 14.9 Å². The van der Waals surface area contributed by atoms with E-state index in [1.807, 2.05) is 0 Å². The van der Waals surface area contributed by atoms with E-state index in [9.17, 15) is 9.59 Å². The number of esters is 1. The van der Waals surface area contributed by atoms with Gasteiger partial charge >= 0.3 is 5.97 Å². The van der Waals surface area contributed by atoms with E-state index in [1.54, 1.807) is 12.3 Å². The Kier molecular flexibility index (Phi) is 5.05. The molecule has 0 radical (unpaired) electrons. The highest BCUT2D eigenvalue weighted by atomic mass is 32.1. The van der Waals surface area contributed by atoms with Crippen LogP contribution >= 0.6 is 11.3 Å². The van der Waals surface area contributed by atoms with Crippen molar-refractivity contribution in [2.45, 2.75) is 19.4 Å². The lowest BCUT2D eigenvalue weighted by molar-refractivity contribution is -0.139. The Hall–Kier alpha value is -1.47. The predicted molar refractivity (Wildman–Crippen MR) is 62.9 cm³/mol. The first kappa shape index (κ1) is 13.6. The van der Waals surface area contributed by atoms with Gasteiger partial charge in [0.25, 0.3) is 5.91 Å². The van der Waals surface area contributed by atoms with E-state index in [2.05, 4.69) is 15.0 Å². The van der Waals surface area contributed by atoms with Gasteiger partial charge in [-0.2, -0.15) is 0 Å². The zero-order valence-electron chi connectivity index (χ0n) is 9.85. The van der Waals surface area contributed by atoms with E-state index in [1.165, 1.54) is 25.6 Å². The van der Waals surface area contributed by atoms with Crippen molar-refractivity contribution in [3.8, 4) is 0 Å². The average molecular weight is 258 g/mol. The second kappa shape index (κ2) is 6.31. The van der Waals surface area contributed by atoms with Gasteiger partial charge in [0, 0.05) is 12.5 Å². The molecule has 1 atom stereocenters. The lowest BCUT2D eigenvalue weighted by Crippen LogP contribution is -2.26. The molecule has 0 aliphatic heterocycles. The zero-order chi connectivity index (χ0) is 12.8. The fourth-order valence-corrected chi connectivity index (χ4v) is 1.69. The lowest BCUT2D eigenvalue weighted by atomic mass is 10.3. The Morgan fingerprint density at radius 2 is 2.24 bits per heavy atom. The normalized spacial score (nSPS) is 11.9. The van der Waals surface area contributed by atoms with Gasteiger partial charge in [0.15, 0.2) is 5.13 Å². The number of carbonyl (C=O) groups excluding carboxylic acids is 2. The number of amides is 1. The van der Waals surface area contributed by atoms with Crippen LogP contribution < -0.4 is 5.32 Å². The topological polar surface area (TPSA) is 77.5 Å². The molecular formula is C10H14N2O4S. The molecule has 0 spiro atoms. The number of ether oxygens (including phenoxy) is 2. The Bertz CT molecular complexity index is 405. The highest BCUT2D eigenvalue weighted by molar-refractivity contribution is 7.13. The second-order valence-electron chi connectivity index (χ2n) is 3.26. The quantitative estimate of drug-likeness (QED) is 0.792. The Balaban J connectivity index is 2.56. The number of rotatable bonds is 5. The molecule has 1 aromatic rings. The van der Waals surface area contributed by atoms with E-state index in [-0.39, 0.29) is 18.3 Å². The summed E-state index contributed by atoms with van der Waals surface area (Å²) >= 11 is 1.25. The molecule has 0 fully saturated rings. The first-order valence-electron chi connectivity index (χ1n) is 4.91. The van der Waals surface area contributed by atoms with Crippen molar-refractivity contribution in [1.82, 2.24) is 4.98 Å². The summed E-state index contributed by atoms with van der Waals surface area (Å²) in [5, 5.41) is 4.74. The van der Waals surface area contributed by atoms with Crippen LogP contribution in [0, 0.1) is 0 Å². The van der Waals surface area contributed by atoms with Gasteiger partial charge in [-0.15, -0.1) is 11.3 Å². The van der Waals surface area contributed by atoms with E-state index in [4.69, 9.17) is 4.74 Å². The molecule has 1 aromatic heterocycles. The summed E-state index contributed by atoms with van der Waals surface area (Å²) in [5.41, 5.74) is 0.571. The molecule has 1 rings (SSSR count). The number of hydrogen-bond donors (Lipinski definition) is 1. The van der Waals surface area contributed by atoms with Crippen molar-refractivity contribution in [2.24, 2.45) is 0 Å². The van der Waals surface area contributed by atoms with Crippen molar-refractivity contribution in [1.29, 1.82) is 0 Å². The summed E-state index contributed by atoms with van der Waals surface area (Å²) in [6, 6.07) is 0. The minimum absolute atomic E-state index is 0.0999. The van der Waals surface area contributed by atoms with Gasteiger partial charge < -0.3 is 9.47 Å². The summed E-state index contributed by atoms with van der Waals surface area (Å²) in [6.45, 7) is 1.64. The van der Waals surface area contributed by atoms with Crippen LogP contribution in [0.4, 0.5) is 5.13 Å². The highest BCUT2D eigenvalue weighted by Gasteiger charge is 2.14. The predicted octanol–water partition coefficient (Wildman–Crippen LogP) is 0.832. The second-order valence-corrected chi connectivity index (χ2v) is 4.12. The van der Waals surface area contributed by atoms with Crippen LogP contribution in [0.1, 0.15) is 12.6 Å². The van der Waals surface area contributed by atoms with Gasteiger partial charge in [-0.1, -0.05) is 0 Å². The van der Waals surface area contributed by atoms with Crippen molar-refractivity contribution in [3.63, 3.8) is 0 Å². The van der Waals surface area contributed by atoms with Crippen molar-refractivity contribution in [3.05, 3.63) is 11.1 Å². The van der Waals surface area contributed by atoms with Crippen LogP contribution in [-0.4, -0.2) is 37.2 Å². The Labute approximate surface area is 103 Å². The molecule has 1 amide bonds. The van der Waals surface area contributed by atoms with Crippen LogP contribution in [0.15, 0.2) is 5.38 Å². The first-order chi connectivity index (χ1) is 8.06. The number of carbonyl (C=O) groups is 2. The molecule has 1 N–H and O–H groups in total. The monoisotopic (exact) mass is 258 g/mol. The number of nitrogens with zero attached hydrogens (tertiary/aromatic N) is 1. The maximum atomic E-state index is 11.5. The SMILES string of the molecule is COC(=O)Cc1csc(NC(=O)C(C)OC)n1. The summed E-state index contributed by atoms with van der Waals surface area (Å²) in [5.74, 6) is -0.634. The summed E-state index contributed by atoms with van der Waals surface area (Å²) in [6.07, 6.45) is -0.439. The van der Waals surface area contributed by atoms with Gasteiger partial charge in [-0.25, -0.2) is 4.98 Å². The maximum Gasteiger partial charge on any atom is 0.311 e. The molecule has 6 nitrogen and oxygen atoms in total. The maximum absolute atomic E-state index is 11.5. The largest absolute Gasteiger partial charge is 0.469 e. The van der Waals surface area contributed by atoms with E-state index in [0.29, 0.717) is 10.8 Å². The van der Waals surface area contributed by atoms with E-state index >= 15 is 0 Å². The van der Waals surface area contributed by atoms with E-state index in [0.717, 1.165) is 0 Å². The van der Waals surface area contributed by atoms with Crippen LogP contribution in [0.2, 0.25) is 0 Å². The molecule has 0 aliphatic rings. The van der Waals surface area contributed by atoms with Crippen molar-refractivity contribution in [2.75, 3.05) is 19.5 Å². The summed E-state index contributed by atoms with van der Waals surface area (Å²) in [7, 11) is 2.77. The van der Waals surface area contributed by atoms with Crippen LogP contribution in [0.25, 0.3) is 0 Å².